The van der Waals surface area contributed by atoms with Gasteiger partial charge in [-0.1, -0.05) is 0 Å². The van der Waals surface area contributed by atoms with E-state index in [4.69, 9.17) is 4.74 Å². The Bertz CT molecular complexity index is 329. The average Bonchev–Trinajstić information content (AvgIpc) is 2.35. The van der Waals surface area contributed by atoms with Crippen LogP contribution in [0.2, 0.25) is 0 Å². The van der Waals surface area contributed by atoms with Gasteiger partial charge in [0.05, 0.1) is 6.61 Å². The number of hydrogen-bond acceptors (Lipinski definition) is 6. The molecule has 15 heavy (non-hydrogen) atoms. The zero-order chi connectivity index (χ0) is 11.3. The Kier molecular flexibility index (Phi) is 1.98. The van der Waals surface area contributed by atoms with Gasteiger partial charge in [0.2, 0.25) is 5.79 Å². The molecule has 2 heterocycles. The zero-order valence-electron chi connectivity index (χ0n) is 7.63. The molecule has 2 fully saturated rings. The fourth-order valence-corrected chi connectivity index (χ4v) is 1.78. The van der Waals surface area contributed by atoms with Crippen LogP contribution < -0.4 is 5.32 Å². The van der Waals surface area contributed by atoms with Crippen LogP contribution in [0.3, 0.4) is 0 Å². The quantitative estimate of drug-likeness (QED) is 0.214. The Labute approximate surface area is 84.0 Å². The Morgan fingerprint density at radius 2 is 2.07 bits per heavy atom. The predicted octanol–water partition coefficient (Wildman–Crippen LogP) is -1.88. The van der Waals surface area contributed by atoms with Gasteiger partial charge in [-0.3, -0.25) is 15.3 Å². The van der Waals surface area contributed by atoms with Crippen molar-refractivity contribution in [2.45, 2.75) is 24.4 Å². The average molecular weight is 218 g/mol. The molecule has 4 N–H and O–H groups in total. The number of imide groups is 1. The van der Waals surface area contributed by atoms with Crippen LogP contribution in [0.5, 0.6) is 0 Å². The van der Waals surface area contributed by atoms with Gasteiger partial charge in [-0.25, -0.2) is 4.79 Å². The Morgan fingerprint density at radius 3 is 2.53 bits per heavy atom. The third-order valence-electron chi connectivity index (χ3n) is 2.54. The molecule has 3 amide bonds. The second-order valence-corrected chi connectivity index (χ2v) is 3.48. The van der Waals surface area contributed by atoms with E-state index < -0.39 is 23.5 Å². The molecule has 0 saturated carbocycles. The molecule has 0 aromatic carbocycles. The lowest BCUT2D eigenvalue weighted by Crippen LogP contribution is -2.68. The largest absolute Gasteiger partial charge is 0.361 e. The number of rotatable bonds is 0. The summed E-state index contributed by atoms with van der Waals surface area (Å²) >= 11 is 0. The van der Waals surface area contributed by atoms with Crippen molar-refractivity contribution < 1.29 is 29.7 Å². The van der Waals surface area contributed by atoms with E-state index in [0.717, 1.165) is 0 Å². The van der Waals surface area contributed by atoms with Gasteiger partial charge in [0.1, 0.15) is 0 Å². The second-order valence-electron chi connectivity index (χ2n) is 3.48. The summed E-state index contributed by atoms with van der Waals surface area (Å²) in [4.78, 5) is 22.4. The molecule has 8 nitrogen and oxygen atoms in total. The van der Waals surface area contributed by atoms with Crippen LogP contribution in [-0.4, -0.2) is 50.5 Å². The van der Waals surface area contributed by atoms with Gasteiger partial charge < -0.3 is 14.9 Å². The molecule has 0 radical (unpaired) electrons. The number of aliphatic hydroxyl groups is 2. The standard InChI is InChI=1S/C7H10N2O6/c10-4-7(9(14)5(11)8-4)6(12,13)2-1-3-15-7/h12-14H,1-3H2,(H,8,10,11). The fraction of sp³-hybridized carbons (Fsp3) is 0.714. The third-order valence-corrected chi connectivity index (χ3v) is 2.54. The maximum absolute atomic E-state index is 11.4. The summed E-state index contributed by atoms with van der Waals surface area (Å²) in [5, 5.41) is 30.2. The molecule has 2 rings (SSSR count). The van der Waals surface area contributed by atoms with E-state index in [1.54, 1.807) is 5.32 Å². The minimum absolute atomic E-state index is 0.0423. The summed E-state index contributed by atoms with van der Waals surface area (Å²) in [7, 11) is 0. The van der Waals surface area contributed by atoms with E-state index in [1.807, 2.05) is 0 Å². The number of hydroxylamine groups is 2. The van der Waals surface area contributed by atoms with Crippen LogP contribution in [0.4, 0.5) is 4.79 Å². The van der Waals surface area contributed by atoms with E-state index in [-0.39, 0.29) is 18.1 Å². The molecule has 8 heteroatoms. The molecule has 0 aromatic rings. The highest BCUT2D eigenvalue weighted by atomic mass is 16.7. The van der Waals surface area contributed by atoms with Gasteiger partial charge >= 0.3 is 11.8 Å². The van der Waals surface area contributed by atoms with E-state index in [0.29, 0.717) is 6.42 Å². The number of carbonyl (C=O) groups is 2. The molecular weight excluding hydrogens is 208 g/mol. The summed E-state index contributed by atoms with van der Waals surface area (Å²) in [6.45, 7) is 0.0423. The zero-order valence-corrected chi connectivity index (χ0v) is 7.63. The Balaban J connectivity index is 2.46. The van der Waals surface area contributed by atoms with Gasteiger partial charge in [-0.2, -0.15) is 5.06 Å². The van der Waals surface area contributed by atoms with Crippen LogP contribution in [0.1, 0.15) is 12.8 Å². The predicted molar refractivity (Wildman–Crippen MR) is 42.2 cm³/mol. The normalized spacial score (nSPS) is 34.7. The van der Waals surface area contributed by atoms with Crippen LogP contribution in [0, 0.1) is 0 Å². The first-order chi connectivity index (χ1) is 6.92. The molecule has 0 aliphatic carbocycles. The molecule has 1 unspecified atom stereocenters. The van der Waals surface area contributed by atoms with Crippen LogP contribution in [0.15, 0.2) is 0 Å². The van der Waals surface area contributed by atoms with Crippen molar-refractivity contribution in [3.8, 4) is 0 Å². The molecule has 1 atom stereocenters. The molecular formula is C7H10N2O6. The van der Waals surface area contributed by atoms with Gasteiger partial charge in [-0.05, 0) is 6.42 Å². The van der Waals surface area contributed by atoms with E-state index in [1.165, 1.54) is 0 Å². The number of amides is 3. The van der Waals surface area contributed by atoms with Crippen LogP contribution >= 0.6 is 0 Å². The van der Waals surface area contributed by atoms with E-state index in [9.17, 15) is 25.0 Å². The highest BCUT2D eigenvalue weighted by Crippen LogP contribution is 2.38. The van der Waals surface area contributed by atoms with Crippen molar-refractivity contribution in [2.75, 3.05) is 6.61 Å². The Hall–Kier alpha value is -1.22. The summed E-state index contributed by atoms with van der Waals surface area (Å²) < 4.78 is 4.88. The van der Waals surface area contributed by atoms with Crippen molar-refractivity contribution in [3.63, 3.8) is 0 Å². The number of nitrogens with one attached hydrogen (secondary N) is 1. The molecule has 1 spiro atoms. The minimum Gasteiger partial charge on any atom is -0.361 e. The number of urea groups is 1. The summed E-state index contributed by atoms with van der Waals surface area (Å²) in [5.41, 5.74) is -2.44. The molecule has 2 aliphatic heterocycles. The lowest BCUT2D eigenvalue weighted by Gasteiger charge is -2.43. The number of nitrogens with zero attached hydrogens (tertiary/aromatic N) is 1. The van der Waals surface area contributed by atoms with Crippen molar-refractivity contribution >= 4 is 11.9 Å². The summed E-state index contributed by atoms with van der Waals surface area (Å²) in [5.74, 6) is -3.68. The van der Waals surface area contributed by atoms with Crippen LogP contribution in [-0.2, 0) is 9.53 Å². The number of hydrogen-bond donors (Lipinski definition) is 4. The lowest BCUT2D eigenvalue weighted by atomic mass is 9.94. The maximum Gasteiger partial charge on any atom is 0.351 e. The first-order valence-electron chi connectivity index (χ1n) is 4.35. The first-order valence-corrected chi connectivity index (χ1v) is 4.35. The van der Waals surface area contributed by atoms with Crippen molar-refractivity contribution in [1.82, 2.24) is 10.4 Å². The Morgan fingerprint density at radius 1 is 1.40 bits per heavy atom. The SMILES string of the molecule is O=C1NC(=O)C2(OCCCC2(O)O)N1O. The highest BCUT2D eigenvalue weighted by Gasteiger charge is 2.68. The first kappa shape index (κ1) is 10.3. The molecule has 0 bridgehead atoms. The monoisotopic (exact) mass is 218 g/mol. The third kappa shape index (κ3) is 1.10. The highest BCUT2D eigenvalue weighted by molar-refractivity contribution is 6.06. The van der Waals surface area contributed by atoms with Gasteiger partial charge in [0.25, 0.3) is 5.91 Å². The minimum atomic E-state index is -2.60. The number of carbonyl (C=O) groups excluding carboxylic acids is 2. The van der Waals surface area contributed by atoms with Crippen LogP contribution in [0.25, 0.3) is 0 Å². The van der Waals surface area contributed by atoms with Crippen molar-refractivity contribution in [3.05, 3.63) is 0 Å². The van der Waals surface area contributed by atoms with Gasteiger partial charge in [-0.15, -0.1) is 0 Å². The topological polar surface area (TPSA) is 119 Å². The second kappa shape index (κ2) is 2.89. The van der Waals surface area contributed by atoms with Gasteiger partial charge in [0.15, 0.2) is 0 Å². The molecule has 2 aliphatic rings. The van der Waals surface area contributed by atoms with Gasteiger partial charge in [0, 0.05) is 6.42 Å². The smallest absolute Gasteiger partial charge is 0.351 e. The molecule has 84 valence electrons. The number of ether oxygens (including phenoxy) is 1. The van der Waals surface area contributed by atoms with E-state index in [2.05, 4.69) is 0 Å². The fourth-order valence-electron chi connectivity index (χ4n) is 1.78. The summed E-state index contributed by atoms with van der Waals surface area (Å²) in [6, 6.07) is -1.14. The van der Waals surface area contributed by atoms with E-state index >= 15 is 0 Å². The molecule has 2 saturated heterocycles. The maximum atomic E-state index is 11.4. The molecule has 0 aromatic heterocycles. The summed E-state index contributed by atoms with van der Waals surface area (Å²) in [6.07, 6.45) is 0.134. The lowest BCUT2D eigenvalue weighted by molar-refractivity contribution is -0.369. The van der Waals surface area contributed by atoms with Crippen molar-refractivity contribution in [2.24, 2.45) is 0 Å². The van der Waals surface area contributed by atoms with Crippen molar-refractivity contribution in [1.29, 1.82) is 0 Å².